The lowest BCUT2D eigenvalue weighted by Crippen LogP contribution is -2.49. The molecular weight excluding hydrogens is 352 g/mol. The minimum atomic E-state index is 0.0825. The highest BCUT2D eigenvalue weighted by Crippen LogP contribution is 2.19. The van der Waals surface area contributed by atoms with Crippen molar-refractivity contribution < 1.29 is 4.79 Å². The van der Waals surface area contributed by atoms with Gasteiger partial charge in [-0.3, -0.25) is 4.79 Å². The minimum absolute atomic E-state index is 0.0825. The number of hydrogen-bond acceptors (Lipinski definition) is 5. The molecule has 0 saturated carbocycles. The summed E-state index contributed by atoms with van der Waals surface area (Å²) in [4.78, 5) is 27.8. The van der Waals surface area contributed by atoms with Crippen LogP contribution < -0.4 is 9.80 Å². The van der Waals surface area contributed by atoms with Crippen molar-refractivity contribution in [3.05, 3.63) is 66.7 Å². The topological polar surface area (TPSA) is 57.5 Å². The van der Waals surface area contributed by atoms with Crippen LogP contribution in [0, 0.1) is 0 Å². The van der Waals surface area contributed by atoms with Crippen molar-refractivity contribution in [3.63, 3.8) is 0 Å². The van der Waals surface area contributed by atoms with E-state index in [0.717, 1.165) is 36.0 Å². The van der Waals surface area contributed by atoms with Gasteiger partial charge in [0.1, 0.15) is 18.0 Å². The number of carbonyl (C=O) groups excluding carboxylic acids is 1. The van der Waals surface area contributed by atoms with Crippen molar-refractivity contribution in [2.45, 2.75) is 0 Å². The van der Waals surface area contributed by atoms with Crippen LogP contribution in [0.3, 0.4) is 0 Å². The highest BCUT2D eigenvalue weighted by molar-refractivity contribution is 5.95. The van der Waals surface area contributed by atoms with Gasteiger partial charge in [-0.1, -0.05) is 6.07 Å². The van der Waals surface area contributed by atoms with Crippen LogP contribution in [0.5, 0.6) is 0 Å². The van der Waals surface area contributed by atoms with Crippen molar-refractivity contribution in [1.82, 2.24) is 19.4 Å². The van der Waals surface area contributed by atoms with Crippen LogP contribution in [-0.2, 0) is 0 Å². The smallest absolute Gasteiger partial charge is 0.254 e. The van der Waals surface area contributed by atoms with Crippen LogP contribution in [0.2, 0.25) is 0 Å². The summed E-state index contributed by atoms with van der Waals surface area (Å²) in [6.45, 7) is 2.85. The molecule has 7 heteroatoms. The second-order valence-electron chi connectivity index (χ2n) is 7.05. The van der Waals surface area contributed by atoms with Gasteiger partial charge in [0.15, 0.2) is 0 Å². The van der Waals surface area contributed by atoms with Gasteiger partial charge in [-0.15, -0.1) is 0 Å². The van der Waals surface area contributed by atoms with E-state index in [1.54, 1.807) is 6.33 Å². The largest absolute Gasteiger partial charge is 0.378 e. The van der Waals surface area contributed by atoms with E-state index in [2.05, 4.69) is 14.9 Å². The van der Waals surface area contributed by atoms with Gasteiger partial charge in [0.25, 0.3) is 5.91 Å². The summed E-state index contributed by atoms with van der Waals surface area (Å²) in [7, 11) is 3.96. The molecule has 1 aliphatic rings. The normalized spacial score (nSPS) is 14.2. The molecule has 1 aromatic carbocycles. The Balaban J connectivity index is 1.43. The van der Waals surface area contributed by atoms with Crippen molar-refractivity contribution in [1.29, 1.82) is 0 Å². The van der Waals surface area contributed by atoms with Gasteiger partial charge < -0.3 is 19.3 Å². The fraction of sp³-hybridized carbons (Fsp3) is 0.286. The molecule has 7 nitrogen and oxygen atoms in total. The number of benzene rings is 1. The Labute approximate surface area is 164 Å². The molecule has 0 spiro atoms. The van der Waals surface area contributed by atoms with E-state index in [0.29, 0.717) is 13.1 Å². The lowest BCUT2D eigenvalue weighted by molar-refractivity contribution is 0.0746. The maximum Gasteiger partial charge on any atom is 0.254 e. The monoisotopic (exact) mass is 376 g/mol. The predicted molar refractivity (Wildman–Crippen MR) is 110 cm³/mol. The first kappa shape index (κ1) is 18.0. The van der Waals surface area contributed by atoms with E-state index in [4.69, 9.17) is 0 Å². The Bertz CT molecular complexity index is 945. The lowest BCUT2D eigenvalue weighted by atomic mass is 10.1. The Morgan fingerprint density at radius 3 is 2.36 bits per heavy atom. The van der Waals surface area contributed by atoms with Crippen LogP contribution in [-0.4, -0.2) is 65.6 Å². The van der Waals surface area contributed by atoms with Gasteiger partial charge in [-0.25, -0.2) is 9.97 Å². The highest BCUT2D eigenvalue weighted by Gasteiger charge is 2.23. The van der Waals surface area contributed by atoms with Crippen LogP contribution in [0.25, 0.3) is 5.82 Å². The molecule has 4 rings (SSSR count). The molecule has 0 aliphatic carbocycles. The maximum atomic E-state index is 12.9. The summed E-state index contributed by atoms with van der Waals surface area (Å²) in [5.41, 5.74) is 1.76. The number of nitrogens with zero attached hydrogens (tertiary/aromatic N) is 6. The van der Waals surface area contributed by atoms with E-state index < -0.39 is 0 Å². The van der Waals surface area contributed by atoms with E-state index in [-0.39, 0.29) is 5.91 Å². The summed E-state index contributed by atoms with van der Waals surface area (Å²) < 4.78 is 1.96. The minimum Gasteiger partial charge on any atom is -0.378 e. The molecule has 0 N–H and O–H groups in total. The van der Waals surface area contributed by atoms with Gasteiger partial charge in [-0.05, 0) is 30.3 Å². The molecule has 1 amide bonds. The summed E-state index contributed by atoms with van der Waals surface area (Å²) in [5, 5.41) is 0. The molecule has 2 aromatic heterocycles. The van der Waals surface area contributed by atoms with Crippen LogP contribution in [0.15, 0.2) is 61.2 Å². The molecule has 0 bridgehead atoms. The number of anilines is 2. The fourth-order valence-electron chi connectivity index (χ4n) is 3.38. The molecule has 0 unspecified atom stereocenters. The fourth-order valence-corrected chi connectivity index (χ4v) is 3.38. The standard InChI is InChI=1S/C21H24N6O/c1-24(2)18-7-5-6-17(14-18)21(28)27-12-10-26(11-13-27)20-15-19(22-16-23-20)25-8-3-4-9-25/h3-9,14-16H,10-13H2,1-2H3. The number of aromatic nitrogens is 3. The predicted octanol–water partition coefficient (Wildman–Crippen LogP) is 2.30. The molecular formula is C21H24N6O. The molecule has 0 atom stereocenters. The number of piperazine rings is 1. The average molecular weight is 376 g/mol. The zero-order valence-electron chi connectivity index (χ0n) is 16.2. The van der Waals surface area contributed by atoms with Crippen molar-refractivity contribution in [2.24, 2.45) is 0 Å². The second-order valence-corrected chi connectivity index (χ2v) is 7.05. The number of amides is 1. The Hall–Kier alpha value is -3.35. The van der Waals surface area contributed by atoms with E-state index >= 15 is 0 Å². The van der Waals surface area contributed by atoms with Crippen LogP contribution in [0.1, 0.15) is 10.4 Å². The summed E-state index contributed by atoms with van der Waals surface area (Å²) in [5.74, 6) is 1.81. The summed E-state index contributed by atoms with van der Waals surface area (Å²) >= 11 is 0. The molecule has 28 heavy (non-hydrogen) atoms. The summed E-state index contributed by atoms with van der Waals surface area (Å²) in [6.07, 6.45) is 5.52. The zero-order valence-corrected chi connectivity index (χ0v) is 16.2. The SMILES string of the molecule is CN(C)c1cccc(C(=O)N2CCN(c3cc(-n4cccc4)ncn3)CC2)c1. The molecule has 0 radical (unpaired) electrons. The summed E-state index contributed by atoms with van der Waals surface area (Å²) in [6, 6.07) is 13.7. The quantitative estimate of drug-likeness (QED) is 0.699. The van der Waals surface area contributed by atoms with Crippen LogP contribution >= 0.6 is 0 Å². The van der Waals surface area contributed by atoms with E-state index in [1.807, 2.05) is 83.3 Å². The van der Waals surface area contributed by atoms with Crippen molar-refractivity contribution in [3.8, 4) is 5.82 Å². The third-order valence-electron chi connectivity index (χ3n) is 5.01. The van der Waals surface area contributed by atoms with Gasteiger partial charge in [0.2, 0.25) is 0 Å². The molecule has 1 aliphatic heterocycles. The third kappa shape index (κ3) is 3.69. The number of hydrogen-bond donors (Lipinski definition) is 0. The Kier molecular flexibility index (Phi) is 4.97. The molecule has 1 saturated heterocycles. The maximum absolute atomic E-state index is 12.9. The lowest BCUT2D eigenvalue weighted by Gasteiger charge is -2.35. The third-order valence-corrected chi connectivity index (χ3v) is 5.01. The number of rotatable bonds is 4. The van der Waals surface area contributed by atoms with Crippen molar-refractivity contribution >= 4 is 17.4 Å². The zero-order chi connectivity index (χ0) is 19.5. The van der Waals surface area contributed by atoms with Gasteiger partial charge in [-0.2, -0.15) is 0 Å². The Morgan fingerprint density at radius 1 is 0.929 bits per heavy atom. The second kappa shape index (κ2) is 7.72. The van der Waals surface area contributed by atoms with Gasteiger partial charge in [0, 0.05) is 70.0 Å². The first-order valence-corrected chi connectivity index (χ1v) is 9.39. The Morgan fingerprint density at radius 2 is 1.64 bits per heavy atom. The molecule has 3 aromatic rings. The molecule has 1 fully saturated rings. The van der Waals surface area contributed by atoms with E-state index in [9.17, 15) is 4.79 Å². The first-order valence-electron chi connectivity index (χ1n) is 9.39. The van der Waals surface area contributed by atoms with Gasteiger partial charge in [0.05, 0.1) is 0 Å². The van der Waals surface area contributed by atoms with Gasteiger partial charge >= 0.3 is 0 Å². The van der Waals surface area contributed by atoms with Crippen LogP contribution in [0.4, 0.5) is 11.5 Å². The number of carbonyl (C=O) groups is 1. The van der Waals surface area contributed by atoms with E-state index in [1.165, 1.54) is 0 Å². The average Bonchev–Trinajstić information content (AvgIpc) is 3.28. The van der Waals surface area contributed by atoms with Crippen molar-refractivity contribution in [2.75, 3.05) is 50.1 Å². The molecule has 3 heterocycles. The first-order chi connectivity index (χ1) is 13.6. The molecule has 144 valence electrons. The highest BCUT2D eigenvalue weighted by atomic mass is 16.2.